The fourth-order valence-corrected chi connectivity index (χ4v) is 2.95. The van der Waals surface area contributed by atoms with Gasteiger partial charge in [-0.1, -0.05) is 17.7 Å². The monoisotopic (exact) mass is 340 g/mol. The number of hydrogen-bond acceptors (Lipinski definition) is 5. The lowest BCUT2D eigenvalue weighted by Gasteiger charge is -2.15. The Hall–Kier alpha value is -3.07. The first kappa shape index (κ1) is 18.3. The summed E-state index contributed by atoms with van der Waals surface area (Å²) in [7, 11) is 1.31. The van der Waals surface area contributed by atoms with E-state index in [0.29, 0.717) is 5.75 Å². The highest BCUT2D eigenvalue weighted by Crippen LogP contribution is 2.26. The number of pyridine rings is 1. The van der Waals surface area contributed by atoms with Gasteiger partial charge in [-0.15, -0.1) is 0 Å². The van der Waals surface area contributed by atoms with Gasteiger partial charge < -0.3 is 9.84 Å². The van der Waals surface area contributed by atoms with Crippen molar-refractivity contribution in [3.63, 3.8) is 0 Å². The summed E-state index contributed by atoms with van der Waals surface area (Å²) in [6.07, 6.45) is 0. The highest BCUT2D eigenvalue weighted by atomic mass is 16.5. The van der Waals surface area contributed by atoms with Crippen LogP contribution in [0.5, 0.6) is 11.6 Å². The first-order chi connectivity index (χ1) is 11.7. The van der Waals surface area contributed by atoms with Crippen LogP contribution in [-0.2, 0) is 7.05 Å². The smallest absolute Gasteiger partial charge is 0.271 e. The predicted molar refractivity (Wildman–Crippen MR) is 93.3 cm³/mol. The number of hydrogen-bond donors (Lipinski definition) is 1. The minimum atomic E-state index is -0.639. The number of ether oxygens (including phenoxy) is 1. The first-order valence-corrected chi connectivity index (χ1v) is 7.75. The average molecular weight is 340 g/mol. The lowest BCUT2D eigenvalue weighted by atomic mass is 10.0. The Morgan fingerprint density at radius 2 is 1.80 bits per heavy atom. The molecule has 1 aromatic heterocycles. The lowest BCUT2D eigenvalue weighted by Crippen LogP contribution is -2.25. The number of Topliss-reactive ketones (excluding diaryl/α,β-unsaturated/α-hetero) is 1. The van der Waals surface area contributed by atoms with Gasteiger partial charge in [0.1, 0.15) is 17.4 Å². The van der Waals surface area contributed by atoms with Crippen LogP contribution in [0.2, 0.25) is 0 Å². The molecule has 6 heteroatoms. The molecular weight excluding hydrogens is 320 g/mol. The third-order valence-electron chi connectivity index (χ3n) is 4.15. The number of nitriles is 1. The molecule has 0 amide bonds. The summed E-state index contributed by atoms with van der Waals surface area (Å²) < 4.78 is 6.55. The molecule has 1 N–H and O–H groups in total. The van der Waals surface area contributed by atoms with Gasteiger partial charge in [0.25, 0.3) is 5.56 Å². The standard InChI is InChI=1S/C19H20N2O4/c1-10-6-11(2)17(12(3)7-10)25-9-15(22)16-13(4)14(8-20)18(23)21(5)19(16)24/h6-7,24H,9H2,1-5H3. The highest BCUT2D eigenvalue weighted by Gasteiger charge is 2.23. The van der Waals surface area contributed by atoms with Crippen LogP contribution in [-0.4, -0.2) is 22.1 Å². The van der Waals surface area contributed by atoms with Crippen LogP contribution >= 0.6 is 0 Å². The van der Waals surface area contributed by atoms with E-state index in [4.69, 9.17) is 10.00 Å². The number of aryl methyl sites for hydroxylation is 3. The zero-order valence-electron chi connectivity index (χ0n) is 14.9. The van der Waals surface area contributed by atoms with Crippen molar-refractivity contribution in [1.29, 1.82) is 5.26 Å². The minimum Gasteiger partial charge on any atom is -0.494 e. The van der Waals surface area contributed by atoms with Crippen molar-refractivity contribution in [3.8, 4) is 17.7 Å². The molecule has 1 heterocycles. The fourth-order valence-electron chi connectivity index (χ4n) is 2.95. The molecule has 0 saturated carbocycles. The zero-order valence-corrected chi connectivity index (χ0v) is 14.9. The van der Waals surface area contributed by atoms with Gasteiger partial charge in [0.15, 0.2) is 6.61 Å². The van der Waals surface area contributed by atoms with Gasteiger partial charge in [-0.3, -0.25) is 14.2 Å². The number of rotatable bonds is 4. The molecule has 1 aromatic carbocycles. The third-order valence-corrected chi connectivity index (χ3v) is 4.15. The Kier molecular flexibility index (Phi) is 4.98. The molecule has 6 nitrogen and oxygen atoms in total. The summed E-state index contributed by atoms with van der Waals surface area (Å²) in [4.78, 5) is 24.5. The van der Waals surface area contributed by atoms with Crippen LogP contribution in [0.25, 0.3) is 0 Å². The molecule has 0 saturated heterocycles. The number of nitrogens with zero attached hydrogens (tertiary/aromatic N) is 2. The highest BCUT2D eigenvalue weighted by molar-refractivity contribution is 6.01. The molecule has 0 bridgehead atoms. The molecule has 0 aliphatic rings. The van der Waals surface area contributed by atoms with Gasteiger partial charge in [-0.05, 0) is 44.4 Å². The maximum absolute atomic E-state index is 12.6. The first-order valence-electron chi connectivity index (χ1n) is 7.75. The van der Waals surface area contributed by atoms with E-state index in [1.807, 2.05) is 32.9 Å². The normalized spacial score (nSPS) is 10.4. The van der Waals surface area contributed by atoms with Crippen molar-refractivity contribution in [2.75, 3.05) is 6.61 Å². The molecule has 0 radical (unpaired) electrons. The maximum atomic E-state index is 12.6. The number of carbonyl (C=O) groups excluding carboxylic acids is 1. The van der Waals surface area contributed by atoms with E-state index < -0.39 is 17.2 Å². The van der Waals surface area contributed by atoms with Crippen LogP contribution in [0.3, 0.4) is 0 Å². The van der Waals surface area contributed by atoms with Crippen LogP contribution in [0.1, 0.15) is 38.2 Å². The van der Waals surface area contributed by atoms with Crippen LogP contribution < -0.4 is 10.3 Å². The molecule has 0 atom stereocenters. The van der Waals surface area contributed by atoms with Crippen LogP contribution in [0.15, 0.2) is 16.9 Å². The van der Waals surface area contributed by atoms with Gasteiger partial charge in [0.2, 0.25) is 11.7 Å². The van der Waals surface area contributed by atoms with Gasteiger partial charge in [0.05, 0.1) is 5.56 Å². The summed E-state index contributed by atoms with van der Waals surface area (Å²) in [5.74, 6) is -0.352. The van der Waals surface area contributed by atoms with Gasteiger partial charge in [-0.25, -0.2) is 0 Å². The topological polar surface area (TPSA) is 92.3 Å². The molecule has 0 spiro atoms. The summed E-state index contributed by atoms with van der Waals surface area (Å²) in [5, 5.41) is 19.3. The van der Waals surface area contributed by atoms with Gasteiger partial charge in [0, 0.05) is 7.05 Å². The summed E-state index contributed by atoms with van der Waals surface area (Å²) in [6.45, 7) is 6.92. The zero-order chi connectivity index (χ0) is 18.9. The molecule has 0 aliphatic heterocycles. The lowest BCUT2D eigenvalue weighted by molar-refractivity contribution is 0.0915. The fraction of sp³-hybridized carbons (Fsp3) is 0.316. The number of aromatic nitrogens is 1. The Balaban J connectivity index is 2.40. The largest absolute Gasteiger partial charge is 0.494 e. The van der Waals surface area contributed by atoms with Crippen LogP contribution in [0, 0.1) is 39.0 Å². The van der Waals surface area contributed by atoms with Gasteiger partial charge >= 0.3 is 0 Å². The van der Waals surface area contributed by atoms with E-state index in [-0.39, 0.29) is 23.3 Å². The molecule has 2 rings (SSSR count). The van der Waals surface area contributed by atoms with E-state index in [9.17, 15) is 14.7 Å². The van der Waals surface area contributed by atoms with Crippen molar-refractivity contribution < 1.29 is 14.6 Å². The Bertz CT molecular complexity index is 942. The number of benzene rings is 1. The van der Waals surface area contributed by atoms with Crippen molar-refractivity contribution in [3.05, 3.63) is 55.9 Å². The third kappa shape index (κ3) is 3.26. The van der Waals surface area contributed by atoms with Crippen molar-refractivity contribution in [1.82, 2.24) is 4.57 Å². The molecule has 0 unspecified atom stereocenters. The molecule has 0 fully saturated rings. The number of aromatic hydroxyl groups is 1. The Morgan fingerprint density at radius 3 is 2.32 bits per heavy atom. The summed E-state index contributed by atoms with van der Waals surface area (Å²) in [6, 6.07) is 5.70. The van der Waals surface area contributed by atoms with Crippen molar-refractivity contribution in [2.45, 2.75) is 27.7 Å². The van der Waals surface area contributed by atoms with Gasteiger partial charge in [-0.2, -0.15) is 5.26 Å². The van der Waals surface area contributed by atoms with E-state index in [2.05, 4.69) is 0 Å². The molecule has 0 aliphatic carbocycles. The Labute approximate surface area is 145 Å². The molecule has 2 aromatic rings. The van der Waals surface area contributed by atoms with E-state index >= 15 is 0 Å². The van der Waals surface area contributed by atoms with E-state index in [0.717, 1.165) is 21.3 Å². The molecular formula is C19H20N2O4. The molecule has 130 valence electrons. The quantitative estimate of drug-likeness (QED) is 0.863. The maximum Gasteiger partial charge on any atom is 0.271 e. The van der Waals surface area contributed by atoms with E-state index in [1.165, 1.54) is 14.0 Å². The van der Waals surface area contributed by atoms with E-state index in [1.54, 1.807) is 6.07 Å². The number of carbonyl (C=O) groups is 1. The SMILES string of the molecule is Cc1cc(C)c(OCC(=O)c2c(C)c(C#N)c(=O)n(C)c2O)c(C)c1. The average Bonchev–Trinajstić information content (AvgIpc) is 2.52. The summed E-state index contributed by atoms with van der Waals surface area (Å²) in [5.41, 5.74) is 2.20. The second kappa shape index (κ2) is 6.81. The second-order valence-electron chi connectivity index (χ2n) is 6.11. The predicted octanol–water partition coefficient (Wildman–Crippen LogP) is 2.46. The number of ketones is 1. The second-order valence-corrected chi connectivity index (χ2v) is 6.11. The molecule has 25 heavy (non-hydrogen) atoms. The minimum absolute atomic E-state index is 0.0685. The van der Waals surface area contributed by atoms with Crippen LogP contribution in [0.4, 0.5) is 0 Å². The summed E-state index contributed by atoms with van der Waals surface area (Å²) >= 11 is 0. The van der Waals surface area contributed by atoms with Crippen molar-refractivity contribution >= 4 is 5.78 Å². The van der Waals surface area contributed by atoms with Crippen molar-refractivity contribution in [2.24, 2.45) is 7.05 Å². The Morgan fingerprint density at radius 1 is 1.24 bits per heavy atom.